The Hall–Kier alpha value is -1.57. The monoisotopic (exact) mass is 274 g/mol. The van der Waals surface area contributed by atoms with Crippen LogP contribution in [0.1, 0.15) is 52.7 Å². The zero-order chi connectivity index (χ0) is 15.3. The first kappa shape index (κ1) is 16.5. The summed E-state index contributed by atoms with van der Waals surface area (Å²) in [7, 11) is 0. The lowest BCUT2D eigenvalue weighted by atomic mass is 9.86. The maximum absolute atomic E-state index is 10.9. The van der Waals surface area contributed by atoms with Gasteiger partial charge in [0.2, 0.25) is 0 Å². The van der Waals surface area contributed by atoms with Crippen molar-refractivity contribution in [2.45, 2.75) is 47.0 Å². The third-order valence-electron chi connectivity index (χ3n) is 3.31. The highest BCUT2D eigenvalue weighted by Crippen LogP contribution is 2.23. The van der Waals surface area contributed by atoms with Crippen molar-refractivity contribution >= 4 is 12.0 Å². The summed E-state index contributed by atoms with van der Waals surface area (Å²) in [6.07, 6.45) is 2.11. The molecular weight excluding hydrogens is 248 g/mol. The Labute approximate surface area is 122 Å². The minimum Gasteiger partial charge on any atom is -0.461 e. The van der Waals surface area contributed by atoms with Crippen molar-refractivity contribution in [2.24, 2.45) is 5.92 Å². The summed E-state index contributed by atoms with van der Waals surface area (Å²) >= 11 is 0. The molecule has 0 bridgehead atoms. The van der Waals surface area contributed by atoms with E-state index in [2.05, 4.69) is 65.0 Å². The number of rotatable bonds is 4. The molecule has 0 fully saturated rings. The van der Waals surface area contributed by atoms with Crippen LogP contribution in [0.25, 0.3) is 6.08 Å². The molecule has 0 aliphatic carbocycles. The molecule has 1 rings (SSSR count). The summed E-state index contributed by atoms with van der Waals surface area (Å²) in [6, 6.07) is 8.57. The molecule has 2 heteroatoms. The number of hydrogen-bond donors (Lipinski definition) is 0. The fourth-order valence-corrected chi connectivity index (χ4v) is 1.85. The van der Waals surface area contributed by atoms with Crippen molar-refractivity contribution in [1.29, 1.82) is 0 Å². The Morgan fingerprint density at radius 2 is 1.75 bits per heavy atom. The van der Waals surface area contributed by atoms with Gasteiger partial charge in [-0.2, -0.15) is 0 Å². The summed E-state index contributed by atoms with van der Waals surface area (Å²) in [6.45, 7) is 12.6. The van der Waals surface area contributed by atoms with Gasteiger partial charge >= 0.3 is 5.97 Å². The van der Waals surface area contributed by atoms with Crippen LogP contribution in [-0.2, 0) is 14.9 Å². The highest BCUT2D eigenvalue weighted by Gasteiger charge is 2.13. The number of esters is 1. The molecule has 0 aliphatic rings. The topological polar surface area (TPSA) is 26.3 Å². The normalized spacial score (nSPS) is 12.7. The average molecular weight is 274 g/mol. The molecule has 0 spiro atoms. The van der Waals surface area contributed by atoms with Crippen molar-refractivity contribution in [3.8, 4) is 0 Å². The second kappa shape index (κ2) is 6.74. The summed E-state index contributed by atoms with van der Waals surface area (Å²) in [5.74, 6) is 0.122. The first-order valence-corrected chi connectivity index (χ1v) is 7.14. The van der Waals surface area contributed by atoms with E-state index < -0.39 is 0 Å². The van der Waals surface area contributed by atoms with E-state index >= 15 is 0 Å². The van der Waals surface area contributed by atoms with Crippen molar-refractivity contribution in [3.05, 3.63) is 41.0 Å². The Balaban J connectivity index is 2.91. The minimum absolute atomic E-state index is 0.168. The molecule has 1 aromatic rings. The van der Waals surface area contributed by atoms with Crippen LogP contribution in [0.2, 0.25) is 0 Å². The van der Waals surface area contributed by atoms with Gasteiger partial charge < -0.3 is 4.74 Å². The molecule has 2 nitrogen and oxygen atoms in total. The number of hydrogen-bond acceptors (Lipinski definition) is 2. The van der Waals surface area contributed by atoms with Crippen molar-refractivity contribution in [1.82, 2.24) is 0 Å². The molecule has 1 aromatic carbocycles. The lowest BCUT2D eigenvalue weighted by molar-refractivity contribution is -0.140. The molecule has 0 radical (unpaired) electrons. The fourth-order valence-electron chi connectivity index (χ4n) is 1.85. The molecule has 0 N–H and O–H groups in total. The van der Waals surface area contributed by atoms with E-state index in [4.69, 9.17) is 4.74 Å². The van der Waals surface area contributed by atoms with Gasteiger partial charge in [-0.25, -0.2) is 0 Å². The molecule has 0 unspecified atom stereocenters. The lowest BCUT2D eigenvalue weighted by Gasteiger charge is -2.19. The summed E-state index contributed by atoms with van der Waals surface area (Å²) in [4.78, 5) is 10.9. The molecular formula is C18H26O2. The quantitative estimate of drug-likeness (QED) is 0.751. The zero-order valence-corrected chi connectivity index (χ0v) is 13.5. The van der Waals surface area contributed by atoms with E-state index in [0.29, 0.717) is 12.5 Å². The van der Waals surface area contributed by atoms with Crippen molar-refractivity contribution < 1.29 is 9.53 Å². The third-order valence-corrected chi connectivity index (χ3v) is 3.31. The third kappa shape index (κ3) is 5.20. The van der Waals surface area contributed by atoms with Gasteiger partial charge in [0.15, 0.2) is 0 Å². The van der Waals surface area contributed by atoms with Crippen LogP contribution in [0.5, 0.6) is 0 Å². The number of carbonyl (C=O) groups excluding carboxylic acids is 1. The van der Waals surface area contributed by atoms with Gasteiger partial charge in [0, 0.05) is 6.92 Å². The van der Waals surface area contributed by atoms with Crippen LogP contribution in [-0.4, -0.2) is 12.6 Å². The molecule has 0 atom stereocenters. The first-order chi connectivity index (χ1) is 9.20. The van der Waals surface area contributed by atoms with E-state index in [1.54, 1.807) is 0 Å². The molecule has 0 aliphatic heterocycles. The number of carbonyl (C=O) groups is 1. The molecule has 110 valence electrons. The fraction of sp³-hybridized carbons (Fsp3) is 0.500. The summed E-state index contributed by atoms with van der Waals surface area (Å²) in [5, 5.41) is 0. The average Bonchev–Trinajstić information content (AvgIpc) is 2.33. The zero-order valence-electron chi connectivity index (χ0n) is 13.5. The van der Waals surface area contributed by atoms with Gasteiger partial charge in [0.05, 0.1) is 0 Å². The van der Waals surface area contributed by atoms with Gasteiger partial charge in [-0.3, -0.25) is 4.79 Å². The van der Waals surface area contributed by atoms with Crippen LogP contribution >= 0.6 is 0 Å². The maximum atomic E-state index is 10.9. The highest BCUT2D eigenvalue weighted by molar-refractivity contribution is 5.66. The van der Waals surface area contributed by atoms with Crippen LogP contribution in [0, 0.1) is 5.92 Å². The molecule has 20 heavy (non-hydrogen) atoms. The molecule has 0 aromatic heterocycles. The van der Waals surface area contributed by atoms with Crippen LogP contribution in [0.15, 0.2) is 29.8 Å². The molecule has 0 heterocycles. The number of benzene rings is 1. The molecule has 0 saturated heterocycles. The largest absolute Gasteiger partial charge is 0.461 e. The van der Waals surface area contributed by atoms with Gasteiger partial charge in [-0.05, 0) is 28.0 Å². The summed E-state index contributed by atoms with van der Waals surface area (Å²) in [5.41, 5.74) is 3.76. The smallest absolute Gasteiger partial charge is 0.302 e. The van der Waals surface area contributed by atoms with E-state index in [-0.39, 0.29) is 11.4 Å². The molecule has 0 saturated carbocycles. The second-order valence-electron chi connectivity index (χ2n) is 6.53. The Bertz CT molecular complexity index is 473. The van der Waals surface area contributed by atoms with Crippen molar-refractivity contribution in [3.63, 3.8) is 0 Å². The van der Waals surface area contributed by atoms with Gasteiger partial charge in [-0.1, -0.05) is 65.0 Å². The SMILES string of the molecule is CC(=O)OCC(=Cc1ccc(C(C)(C)C)cc1)C(C)C. The standard InChI is InChI=1S/C18H26O2/c1-13(2)16(12-20-14(3)19)11-15-7-9-17(10-8-15)18(4,5)6/h7-11,13H,12H2,1-6H3. The van der Waals surface area contributed by atoms with E-state index in [0.717, 1.165) is 11.1 Å². The van der Waals surface area contributed by atoms with Crippen LogP contribution in [0.4, 0.5) is 0 Å². The predicted molar refractivity (Wildman–Crippen MR) is 84.6 cm³/mol. The van der Waals surface area contributed by atoms with E-state index in [9.17, 15) is 4.79 Å². The Morgan fingerprint density at radius 3 is 2.15 bits per heavy atom. The Kier molecular flexibility index (Phi) is 5.55. The second-order valence-corrected chi connectivity index (χ2v) is 6.53. The van der Waals surface area contributed by atoms with Gasteiger partial charge in [-0.15, -0.1) is 0 Å². The van der Waals surface area contributed by atoms with E-state index in [1.807, 2.05) is 0 Å². The summed E-state index contributed by atoms with van der Waals surface area (Å²) < 4.78 is 5.11. The van der Waals surface area contributed by atoms with E-state index in [1.165, 1.54) is 12.5 Å². The highest BCUT2D eigenvalue weighted by atomic mass is 16.5. The van der Waals surface area contributed by atoms with Crippen LogP contribution < -0.4 is 0 Å². The minimum atomic E-state index is -0.236. The maximum Gasteiger partial charge on any atom is 0.302 e. The Morgan fingerprint density at radius 1 is 1.20 bits per heavy atom. The van der Waals surface area contributed by atoms with Gasteiger partial charge in [0.25, 0.3) is 0 Å². The van der Waals surface area contributed by atoms with Crippen LogP contribution in [0.3, 0.4) is 0 Å². The predicted octanol–water partition coefficient (Wildman–Crippen LogP) is 4.59. The lowest BCUT2D eigenvalue weighted by Crippen LogP contribution is -2.10. The van der Waals surface area contributed by atoms with Crippen molar-refractivity contribution in [2.75, 3.05) is 6.61 Å². The molecule has 0 amide bonds. The van der Waals surface area contributed by atoms with Gasteiger partial charge in [0.1, 0.15) is 6.61 Å². The number of ether oxygens (including phenoxy) is 1. The first-order valence-electron chi connectivity index (χ1n) is 7.14.